The van der Waals surface area contributed by atoms with Gasteiger partial charge in [0.05, 0.1) is 0 Å². The molecule has 0 fully saturated rings. The maximum atomic E-state index is 11.8. The number of aromatic nitrogens is 2. The molecule has 1 rings (SSSR count). The molecular weight excluding hydrogens is 225 g/mol. The molecule has 1 aromatic heterocycles. The lowest BCUT2D eigenvalue weighted by Gasteiger charge is -2.07. The van der Waals surface area contributed by atoms with Crippen LogP contribution in [-0.2, 0) is 10.1 Å². The molecule has 0 N–H and O–H groups in total. The molecule has 0 aromatic carbocycles. The van der Waals surface area contributed by atoms with E-state index in [2.05, 4.69) is 14.4 Å². The highest BCUT2D eigenvalue weighted by atomic mass is 32.2. The standard InChI is InChI=1S/C5H3F3N2O3S/c6-5(7,8)14(11,12)13-4-2-1-3-9-10-4/h1-3H. The molecule has 0 radical (unpaired) electrons. The van der Waals surface area contributed by atoms with Crippen molar-refractivity contribution in [2.45, 2.75) is 5.51 Å². The average molecular weight is 228 g/mol. The van der Waals surface area contributed by atoms with Crippen LogP contribution in [-0.4, -0.2) is 24.1 Å². The van der Waals surface area contributed by atoms with Gasteiger partial charge in [0.15, 0.2) is 0 Å². The largest absolute Gasteiger partial charge is 0.534 e. The Balaban J connectivity index is 2.91. The fourth-order valence-electron chi connectivity index (χ4n) is 0.492. The van der Waals surface area contributed by atoms with Crippen molar-refractivity contribution in [2.75, 3.05) is 0 Å². The lowest BCUT2D eigenvalue weighted by Crippen LogP contribution is -2.28. The Morgan fingerprint density at radius 1 is 1.36 bits per heavy atom. The van der Waals surface area contributed by atoms with Gasteiger partial charge >= 0.3 is 15.6 Å². The zero-order valence-corrected chi connectivity index (χ0v) is 7.21. The molecule has 9 heteroatoms. The second-order valence-corrected chi connectivity index (χ2v) is 3.58. The van der Waals surface area contributed by atoms with E-state index in [0.717, 1.165) is 12.3 Å². The van der Waals surface area contributed by atoms with Crippen LogP contribution in [0.2, 0.25) is 0 Å². The van der Waals surface area contributed by atoms with Crippen molar-refractivity contribution in [1.29, 1.82) is 0 Å². The van der Waals surface area contributed by atoms with Gasteiger partial charge < -0.3 is 4.18 Å². The van der Waals surface area contributed by atoms with Gasteiger partial charge in [0.25, 0.3) is 5.88 Å². The summed E-state index contributed by atoms with van der Waals surface area (Å²) in [5.74, 6) is -0.732. The van der Waals surface area contributed by atoms with Gasteiger partial charge in [-0.1, -0.05) is 0 Å². The number of hydrogen-bond donors (Lipinski definition) is 0. The summed E-state index contributed by atoms with van der Waals surface area (Å²) in [4.78, 5) is 0. The lowest BCUT2D eigenvalue weighted by atomic mass is 10.6. The van der Waals surface area contributed by atoms with Crippen LogP contribution >= 0.6 is 0 Å². The highest BCUT2D eigenvalue weighted by Crippen LogP contribution is 2.25. The molecular formula is C5H3F3N2O3S. The molecule has 0 spiro atoms. The molecule has 78 valence electrons. The summed E-state index contributed by atoms with van der Waals surface area (Å²) in [7, 11) is -5.65. The van der Waals surface area contributed by atoms with Crippen molar-refractivity contribution < 1.29 is 25.8 Å². The SMILES string of the molecule is O=S(=O)(Oc1cccnn1)C(F)(F)F. The molecule has 0 aliphatic rings. The molecule has 0 unspecified atom stereocenters. The third-order valence-corrected chi connectivity index (χ3v) is 1.98. The minimum atomic E-state index is -5.65. The second kappa shape index (κ2) is 3.40. The molecule has 0 bridgehead atoms. The molecule has 14 heavy (non-hydrogen) atoms. The third kappa shape index (κ3) is 2.31. The summed E-state index contributed by atoms with van der Waals surface area (Å²) in [6, 6.07) is 2.13. The van der Waals surface area contributed by atoms with Crippen molar-refractivity contribution >= 4 is 10.1 Å². The maximum absolute atomic E-state index is 11.8. The van der Waals surface area contributed by atoms with Crippen LogP contribution in [0.5, 0.6) is 5.88 Å². The summed E-state index contributed by atoms with van der Waals surface area (Å²) in [5.41, 5.74) is -5.47. The predicted molar refractivity (Wildman–Crippen MR) is 37.6 cm³/mol. The number of hydrogen-bond acceptors (Lipinski definition) is 5. The average Bonchev–Trinajstić information content (AvgIpc) is 2.03. The summed E-state index contributed by atoms with van der Waals surface area (Å²) in [6.07, 6.45) is 1.16. The van der Waals surface area contributed by atoms with E-state index in [0.29, 0.717) is 0 Å². The van der Waals surface area contributed by atoms with Crippen LogP contribution in [0.4, 0.5) is 13.2 Å². The zero-order valence-electron chi connectivity index (χ0n) is 6.39. The van der Waals surface area contributed by atoms with E-state index >= 15 is 0 Å². The van der Waals surface area contributed by atoms with E-state index in [1.54, 1.807) is 0 Å². The Bertz CT molecular complexity index is 402. The fraction of sp³-hybridized carbons (Fsp3) is 0.200. The first-order chi connectivity index (χ1) is 6.33. The van der Waals surface area contributed by atoms with Crippen LogP contribution in [0.25, 0.3) is 0 Å². The van der Waals surface area contributed by atoms with Crippen molar-refractivity contribution in [3.63, 3.8) is 0 Å². The molecule has 0 atom stereocenters. The van der Waals surface area contributed by atoms with E-state index in [1.807, 2.05) is 0 Å². The molecule has 0 saturated carbocycles. The predicted octanol–water partition coefficient (Wildman–Crippen LogP) is 0.705. The highest BCUT2D eigenvalue weighted by Gasteiger charge is 2.48. The van der Waals surface area contributed by atoms with Gasteiger partial charge in [-0.25, -0.2) is 0 Å². The molecule has 0 aliphatic carbocycles. The van der Waals surface area contributed by atoms with E-state index in [4.69, 9.17) is 0 Å². The number of rotatable bonds is 2. The topological polar surface area (TPSA) is 69.2 Å². The van der Waals surface area contributed by atoms with Gasteiger partial charge in [0, 0.05) is 12.3 Å². The molecule has 0 amide bonds. The van der Waals surface area contributed by atoms with E-state index in [1.165, 1.54) is 6.07 Å². The van der Waals surface area contributed by atoms with Gasteiger partial charge in [0.2, 0.25) is 0 Å². The molecule has 1 aromatic rings. The van der Waals surface area contributed by atoms with E-state index < -0.39 is 21.5 Å². The van der Waals surface area contributed by atoms with Gasteiger partial charge in [-0.05, 0) is 6.07 Å². The van der Waals surface area contributed by atoms with Crippen molar-refractivity contribution in [1.82, 2.24) is 10.2 Å². The summed E-state index contributed by atoms with van der Waals surface area (Å²) in [5, 5.41) is 6.17. The first kappa shape index (κ1) is 10.7. The Morgan fingerprint density at radius 3 is 2.43 bits per heavy atom. The zero-order chi connectivity index (χ0) is 10.8. The van der Waals surface area contributed by atoms with E-state index in [-0.39, 0.29) is 0 Å². The normalized spacial score (nSPS) is 12.5. The second-order valence-electron chi connectivity index (χ2n) is 2.05. The smallest absolute Gasteiger partial charge is 0.354 e. The number of nitrogens with zero attached hydrogens (tertiary/aromatic N) is 2. The first-order valence-electron chi connectivity index (χ1n) is 3.11. The minimum Gasteiger partial charge on any atom is -0.354 e. The van der Waals surface area contributed by atoms with Gasteiger partial charge in [-0.3, -0.25) is 0 Å². The Morgan fingerprint density at radius 2 is 2.00 bits per heavy atom. The van der Waals surface area contributed by atoms with Gasteiger partial charge in [-0.2, -0.15) is 26.7 Å². The third-order valence-electron chi connectivity index (χ3n) is 1.03. The van der Waals surface area contributed by atoms with Crippen LogP contribution < -0.4 is 4.18 Å². The monoisotopic (exact) mass is 228 g/mol. The van der Waals surface area contributed by atoms with Gasteiger partial charge in [0.1, 0.15) is 0 Å². The van der Waals surface area contributed by atoms with E-state index in [9.17, 15) is 21.6 Å². The molecule has 0 saturated heterocycles. The Labute approximate surface area is 76.6 Å². The maximum Gasteiger partial charge on any atom is 0.534 e. The summed E-state index contributed by atoms with van der Waals surface area (Å²) >= 11 is 0. The van der Waals surface area contributed by atoms with Crippen molar-refractivity contribution in [2.24, 2.45) is 0 Å². The quantitative estimate of drug-likeness (QED) is 0.550. The van der Waals surface area contributed by atoms with Gasteiger partial charge in [-0.15, -0.1) is 5.10 Å². The molecule has 5 nitrogen and oxygen atoms in total. The molecule has 0 aliphatic heterocycles. The summed E-state index contributed by atoms with van der Waals surface area (Å²) < 4.78 is 59.7. The van der Waals surface area contributed by atoms with Crippen molar-refractivity contribution in [3.05, 3.63) is 18.3 Å². The van der Waals surface area contributed by atoms with Crippen LogP contribution in [0, 0.1) is 0 Å². The minimum absolute atomic E-state index is 0.732. The fourth-order valence-corrected chi connectivity index (χ4v) is 0.900. The molecule has 1 heterocycles. The lowest BCUT2D eigenvalue weighted by molar-refractivity contribution is -0.0501. The highest BCUT2D eigenvalue weighted by molar-refractivity contribution is 7.87. The number of halogens is 3. The Kier molecular flexibility index (Phi) is 2.60. The Hall–Kier alpha value is -1.38. The number of alkyl halides is 3. The van der Waals surface area contributed by atoms with Crippen LogP contribution in [0.3, 0.4) is 0 Å². The summed E-state index contributed by atoms with van der Waals surface area (Å²) in [6.45, 7) is 0. The van der Waals surface area contributed by atoms with Crippen LogP contribution in [0.1, 0.15) is 0 Å². The van der Waals surface area contributed by atoms with Crippen molar-refractivity contribution in [3.8, 4) is 5.88 Å². The van der Waals surface area contributed by atoms with Crippen LogP contribution in [0.15, 0.2) is 18.3 Å². The first-order valence-corrected chi connectivity index (χ1v) is 4.52.